The highest BCUT2D eigenvalue weighted by Gasteiger charge is 2.14. The molecule has 0 unspecified atom stereocenters. The molecule has 0 aliphatic carbocycles. The first-order chi connectivity index (χ1) is 7.61. The van der Waals surface area contributed by atoms with Gasteiger partial charge >= 0.3 is 0 Å². The summed E-state index contributed by atoms with van der Waals surface area (Å²) in [5, 5.41) is 0. The second kappa shape index (κ2) is 6.48. The van der Waals surface area contributed by atoms with E-state index in [1.54, 1.807) is 18.7 Å². The van der Waals surface area contributed by atoms with Gasteiger partial charge in [0.05, 0.1) is 13.2 Å². The molecule has 92 valence electrons. The van der Waals surface area contributed by atoms with Gasteiger partial charge in [0.25, 0.3) is 0 Å². The number of amides is 2. The van der Waals surface area contributed by atoms with Crippen LogP contribution in [0.5, 0.6) is 0 Å². The Kier molecular flexibility index (Phi) is 5.25. The Balaban J connectivity index is 0.000000165. The smallest absolute Gasteiger partial charge is 0.219 e. The van der Waals surface area contributed by atoms with E-state index in [9.17, 15) is 9.59 Å². The Morgan fingerprint density at radius 1 is 0.875 bits per heavy atom. The van der Waals surface area contributed by atoms with Gasteiger partial charge in [-0.1, -0.05) is 0 Å². The topological polar surface area (TPSA) is 49.9 Å². The summed E-state index contributed by atoms with van der Waals surface area (Å²) in [6.45, 7) is 8.07. The lowest BCUT2D eigenvalue weighted by molar-refractivity contribution is -0.133. The summed E-state index contributed by atoms with van der Waals surface area (Å²) in [6, 6.07) is 0. The quantitative estimate of drug-likeness (QED) is 0.591. The number of carbonyl (C=O) groups excluding carboxylic acids is 2. The maximum Gasteiger partial charge on any atom is 0.219 e. The van der Waals surface area contributed by atoms with E-state index in [1.165, 1.54) is 6.42 Å². The summed E-state index contributed by atoms with van der Waals surface area (Å²) >= 11 is 0. The van der Waals surface area contributed by atoms with Crippen LogP contribution in [0, 0.1) is 0 Å². The number of likely N-dealkylation sites (tertiary alicyclic amines) is 1. The average Bonchev–Trinajstić information content (AvgIpc) is 2.16. The van der Waals surface area contributed by atoms with Gasteiger partial charge in [-0.2, -0.15) is 0 Å². The van der Waals surface area contributed by atoms with E-state index in [2.05, 4.69) is 0 Å². The zero-order chi connectivity index (χ0) is 12.0. The molecule has 0 aromatic rings. The fourth-order valence-corrected chi connectivity index (χ4v) is 1.51. The van der Waals surface area contributed by atoms with Crippen molar-refractivity contribution in [1.82, 2.24) is 9.80 Å². The summed E-state index contributed by atoms with van der Waals surface area (Å²) in [5.41, 5.74) is 0. The van der Waals surface area contributed by atoms with Crippen molar-refractivity contribution in [2.45, 2.75) is 20.3 Å². The first-order valence-corrected chi connectivity index (χ1v) is 5.70. The molecule has 0 saturated carbocycles. The van der Waals surface area contributed by atoms with Crippen LogP contribution in [-0.4, -0.2) is 61.0 Å². The van der Waals surface area contributed by atoms with Crippen molar-refractivity contribution < 1.29 is 14.3 Å². The Labute approximate surface area is 96.3 Å². The van der Waals surface area contributed by atoms with Crippen LogP contribution < -0.4 is 0 Å². The Hall–Kier alpha value is -1.10. The molecule has 0 radical (unpaired) electrons. The van der Waals surface area contributed by atoms with Crippen LogP contribution in [-0.2, 0) is 14.3 Å². The normalized spacial score (nSPS) is 19.4. The molecule has 2 fully saturated rings. The van der Waals surface area contributed by atoms with E-state index in [0.29, 0.717) is 13.2 Å². The molecule has 0 aromatic heterocycles. The van der Waals surface area contributed by atoms with Crippen LogP contribution in [0.1, 0.15) is 20.3 Å². The summed E-state index contributed by atoms with van der Waals surface area (Å²) in [7, 11) is 0. The summed E-state index contributed by atoms with van der Waals surface area (Å²) < 4.78 is 5.06. The summed E-state index contributed by atoms with van der Waals surface area (Å²) in [6.07, 6.45) is 1.19. The number of hydrogen-bond acceptors (Lipinski definition) is 3. The number of hydrogen-bond donors (Lipinski definition) is 0. The van der Waals surface area contributed by atoms with Gasteiger partial charge in [-0.05, 0) is 6.42 Å². The fourth-order valence-electron chi connectivity index (χ4n) is 1.51. The van der Waals surface area contributed by atoms with Gasteiger partial charge in [0.1, 0.15) is 0 Å². The van der Waals surface area contributed by atoms with Crippen LogP contribution in [0.3, 0.4) is 0 Å². The molecule has 2 aliphatic rings. The van der Waals surface area contributed by atoms with Crippen LogP contribution in [0.15, 0.2) is 0 Å². The average molecular weight is 228 g/mol. The highest BCUT2D eigenvalue weighted by atomic mass is 16.5. The SMILES string of the molecule is CC(=O)N1CCC1.CC(=O)N1CCOCC1. The molecule has 0 bridgehead atoms. The maximum atomic E-state index is 10.7. The van der Waals surface area contributed by atoms with Crippen molar-refractivity contribution >= 4 is 11.8 Å². The molecule has 0 atom stereocenters. The first-order valence-electron chi connectivity index (χ1n) is 5.70. The van der Waals surface area contributed by atoms with Crippen LogP contribution in [0.4, 0.5) is 0 Å². The third-order valence-electron chi connectivity index (χ3n) is 2.76. The van der Waals surface area contributed by atoms with Crippen molar-refractivity contribution in [1.29, 1.82) is 0 Å². The van der Waals surface area contributed by atoms with E-state index < -0.39 is 0 Å². The van der Waals surface area contributed by atoms with E-state index in [4.69, 9.17) is 4.74 Å². The van der Waals surface area contributed by atoms with Crippen molar-refractivity contribution in [2.24, 2.45) is 0 Å². The molecule has 2 rings (SSSR count). The zero-order valence-corrected chi connectivity index (χ0v) is 10.1. The third kappa shape index (κ3) is 4.18. The molecule has 5 nitrogen and oxygen atoms in total. The van der Waals surface area contributed by atoms with Crippen molar-refractivity contribution in [3.8, 4) is 0 Å². The fraction of sp³-hybridized carbons (Fsp3) is 0.818. The lowest BCUT2D eigenvalue weighted by atomic mass is 10.2. The molecular formula is C11H20N2O3. The molecule has 0 spiro atoms. The van der Waals surface area contributed by atoms with Gasteiger partial charge in [0.15, 0.2) is 0 Å². The highest BCUT2D eigenvalue weighted by Crippen LogP contribution is 2.03. The van der Waals surface area contributed by atoms with E-state index in [0.717, 1.165) is 26.2 Å². The minimum Gasteiger partial charge on any atom is -0.378 e. The first kappa shape index (κ1) is 13.0. The van der Waals surface area contributed by atoms with Gasteiger partial charge in [0, 0.05) is 40.0 Å². The molecule has 2 heterocycles. The molecule has 2 amide bonds. The maximum absolute atomic E-state index is 10.7. The standard InChI is InChI=1S/C6H11NO2.C5H9NO/c1-6(8)7-2-4-9-5-3-7;1-5(7)6-3-2-4-6/h2-5H2,1H3;2-4H2,1H3. The van der Waals surface area contributed by atoms with Crippen LogP contribution in [0.2, 0.25) is 0 Å². The highest BCUT2D eigenvalue weighted by molar-refractivity contribution is 5.74. The van der Waals surface area contributed by atoms with Crippen molar-refractivity contribution in [2.75, 3.05) is 39.4 Å². The summed E-state index contributed by atoms with van der Waals surface area (Å²) in [5.74, 6) is 0.365. The summed E-state index contributed by atoms with van der Waals surface area (Å²) in [4.78, 5) is 24.6. The predicted octanol–water partition coefficient (Wildman–Crippen LogP) is 0.104. The second-order valence-corrected chi connectivity index (χ2v) is 3.98. The van der Waals surface area contributed by atoms with Crippen LogP contribution in [0.25, 0.3) is 0 Å². The zero-order valence-electron chi connectivity index (χ0n) is 10.1. The molecule has 5 heteroatoms. The minimum atomic E-state index is 0.151. The number of morpholine rings is 1. The molecule has 0 N–H and O–H groups in total. The second-order valence-electron chi connectivity index (χ2n) is 3.98. The number of nitrogens with zero attached hydrogens (tertiary/aromatic N) is 2. The molecule has 2 saturated heterocycles. The van der Waals surface area contributed by atoms with Gasteiger partial charge < -0.3 is 14.5 Å². The lowest BCUT2D eigenvalue weighted by Gasteiger charge is -2.29. The van der Waals surface area contributed by atoms with Gasteiger partial charge in [-0.15, -0.1) is 0 Å². The van der Waals surface area contributed by atoms with Crippen LogP contribution >= 0.6 is 0 Å². The Morgan fingerprint density at radius 2 is 1.31 bits per heavy atom. The Morgan fingerprint density at radius 3 is 1.50 bits per heavy atom. The van der Waals surface area contributed by atoms with E-state index in [-0.39, 0.29) is 11.8 Å². The van der Waals surface area contributed by atoms with Gasteiger partial charge in [-0.3, -0.25) is 9.59 Å². The molecular weight excluding hydrogens is 208 g/mol. The predicted molar refractivity (Wildman–Crippen MR) is 59.9 cm³/mol. The Bertz CT molecular complexity index is 246. The van der Waals surface area contributed by atoms with E-state index >= 15 is 0 Å². The molecule has 0 aromatic carbocycles. The van der Waals surface area contributed by atoms with Gasteiger partial charge in [-0.25, -0.2) is 0 Å². The third-order valence-corrected chi connectivity index (χ3v) is 2.76. The monoisotopic (exact) mass is 228 g/mol. The molecule has 2 aliphatic heterocycles. The van der Waals surface area contributed by atoms with E-state index in [1.807, 2.05) is 4.90 Å². The minimum absolute atomic E-state index is 0.151. The van der Waals surface area contributed by atoms with Crippen molar-refractivity contribution in [3.63, 3.8) is 0 Å². The van der Waals surface area contributed by atoms with Gasteiger partial charge in [0.2, 0.25) is 11.8 Å². The number of ether oxygens (including phenoxy) is 1. The lowest BCUT2D eigenvalue weighted by Crippen LogP contribution is -2.40. The number of carbonyl (C=O) groups is 2. The number of rotatable bonds is 0. The largest absolute Gasteiger partial charge is 0.378 e. The molecule has 16 heavy (non-hydrogen) atoms. The van der Waals surface area contributed by atoms with Crippen molar-refractivity contribution in [3.05, 3.63) is 0 Å².